The molecule has 0 heterocycles. The van der Waals surface area contributed by atoms with Crippen LogP contribution >= 0.6 is 0 Å². The van der Waals surface area contributed by atoms with Gasteiger partial charge in [-0.25, -0.2) is 9.18 Å². The average Bonchev–Trinajstić information content (AvgIpc) is 0.753. The largest absolute Gasteiger partial charge is 0.508 e. The van der Waals surface area contributed by atoms with Crippen LogP contribution in [0.1, 0.15) is 335 Å². The molecule has 0 radical (unpaired) electrons. The average molecular weight is 1950 g/mol. The summed E-state index contributed by atoms with van der Waals surface area (Å²) in [5, 5.41) is 109. The van der Waals surface area contributed by atoms with Crippen LogP contribution in [-0.4, -0.2) is 118 Å². The third kappa shape index (κ3) is 24.3. The number of carbonyl (C=O) groups is 7. The van der Waals surface area contributed by atoms with Crippen LogP contribution in [0.2, 0.25) is 0 Å². The van der Waals surface area contributed by atoms with Gasteiger partial charge in [0.25, 0.3) is 0 Å². The number of halogens is 1. The summed E-state index contributed by atoms with van der Waals surface area (Å²) in [7, 11) is 1.33. The first-order valence-corrected chi connectivity index (χ1v) is 54.1. The van der Waals surface area contributed by atoms with Crippen LogP contribution in [0.5, 0.6) is 5.75 Å². The number of aliphatic hydroxyl groups is 6. The molecule has 24 aliphatic carbocycles. The van der Waals surface area contributed by atoms with Gasteiger partial charge in [-0.3, -0.25) is 28.8 Å². The van der Waals surface area contributed by atoms with Crippen LogP contribution in [0.25, 0.3) is 0 Å². The summed E-state index contributed by atoms with van der Waals surface area (Å²) in [6.45, 7) is 2.03. The van der Waals surface area contributed by atoms with Crippen molar-refractivity contribution in [3.8, 4) is 17.9 Å². The first kappa shape index (κ1) is 102. The van der Waals surface area contributed by atoms with Crippen molar-refractivity contribution >= 4 is 75.5 Å². The Bertz CT molecular complexity index is 5630. The molecule has 24 fully saturated rings. The highest BCUT2D eigenvalue weighted by molar-refractivity contribution is 6.01. The number of aromatic hydroxyl groups is 1. The number of esters is 1. The van der Waals surface area contributed by atoms with Gasteiger partial charge in [-0.1, -0.05) is 60.7 Å². The Morgan fingerprint density at radius 2 is 0.594 bits per heavy atom. The Labute approximate surface area is 842 Å². The molecular weight excluding hydrogens is 1800 g/mol. The van der Waals surface area contributed by atoms with Gasteiger partial charge in [-0.05, 0) is 465 Å². The summed E-state index contributed by atoms with van der Waals surface area (Å²) in [5.74, 6) is 7.05. The molecule has 6 aromatic rings. The third-order valence-electron chi connectivity index (χ3n) is 38.0. The van der Waals surface area contributed by atoms with E-state index < -0.39 is 45.4 Å². The Balaban J connectivity index is 0.000000109. The van der Waals surface area contributed by atoms with E-state index in [0.717, 1.165) is 191 Å². The molecular formula is C119H151FN8O15. The van der Waals surface area contributed by atoms with Gasteiger partial charge < -0.3 is 72.4 Å². The van der Waals surface area contributed by atoms with E-state index in [9.17, 15) is 73.7 Å². The molecule has 12 atom stereocenters. The molecule has 6 aromatic carbocycles. The molecule has 0 saturated heterocycles. The number of anilines is 6. The molecule has 143 heavy (non-hydrogen) atoms. The Morgan fingerprint density at radius 3 is 0.902 bits per heavy atom. The van der Waals surface area contributed by atoms with Gasteiger partial charge >= 0.3 is 5.97 Å². The molecule has 0 aliphatic heterocycles. The fourth-order valence-electron chi connectivity index (χ4n) is 35.9. The smallest absolute Gasteiger partial charge is 0.339 e. The second kappa shape index (κ2) is 40.7. The molecule has 30 rings (SSSR count). The molecule has 764 valence electrons. The highest BCUT2D eigenvalue weighted by Crippen LogP contribution is 2.70. The maximum Gasteiger partial charge on any atom is 0.339 e. The number of carbonyl (C=O) groups excluding carboxylic acids is 7. The van der Waals surface area contributed by atoms with E-state index in [2.05, 4.69) is 44.0 Å². The van der Waals surface area contributed by atoms with Gasteiger partial charge in [0.15, 0.2) is 0 Å². The van der Waals surface area contributed by atoms with Crippen molar-refractivity contribution in [3.63, 3.8) is 0 Å². The van der Waals surface area contributed by atoms with Gasteiger partial charge in [0.1, 0.15) is 17.6 Å². The van der Waals surface area contributed by atoms with Crippen molar-refractivity contribution in [3.05, 3.63) is 174 Å². The second-order valence-corrected chi connectivity index (χ2v) is 50.7. The van der Waals surface area contributed by atoms with Crippen LogP contribution in [0.3, 0.4) is 0 Å². The van der Waals surface area contributed by atoms with Gasteiger partial charge in [-0.15, -0.1) is 0 Å². The SMILES string of the molecule is COC(=O)c1ccccc1NC(=O)CCC12CC3CC(CC(O)(C3)C1)C2.Cc1cccc(NC(=O)CCC23CC4CC(CC(O)(C4)C2)C3)c1.N#Cc1cccc(NC(=O)CCC23CC4CC(CC(O)(C4)C2)C3)c1.N#Cc1ccccc1NC(=O)CCC12CC3CC(CC(O)(C3)C1)C2.O=C(CCC12CC3CC(CC(O)(C3)C1)C2)Nc1cccc(O)c1.O=C(CCC12CC3CC(CC(O)(C3)C1)C2)Nc1ccccc1F. The predicted octanol–water partition coefficient (Wildman–Crippen LogP) is 22.1. The molecule has 24 bridgehead atoms. The number of nitrogens with zero attached hydrogens (tertiary/aromatic N) is 2. The lowest BCUT2D eigenvalue weighted by molar-refractivity contribution is -0.167. The zero-order chi connectivity index (χ0) is 100. The lowest BCUT2D eigenvalue weighted by Gasteiger charge is -2.60. The quantitative estimate of drug-likeness (QED) is 0.0237. The zero-order valence-electron chi connectivity index (χ0n) is 83.9. The number of hydrogen-bond donors (Lipinski definition) is 13. The summed E-state index contributed by atoms with van der Waals surface area (Å²) in [4.78, 5) is 85.8. The molecule has 0 aromatic heterocycles. The highest BCUT2D eigenvalue weighted by atomic mass is 19.1. The maximum atomic E-state index is 13.6. The van der Waals surface area contributed by atoms with Crippen molar-refractivity contribution < 1.29 is 78.4 Å². The van der Waals surface area contributed by atoms with Crippen molar-refractivity contribution in [2.45, 2.75) is 349 Å². The standard InChI is InChI=1S/C21H27NO4.2C20H24N2O2.C20H27NO2.C19H24FNO2.C19H25NO3/c1-26-19(24)16-4-2-3-5-17(16)22-18(23)6-7-20-9-14-8-15(10-20)12-21(25,11-14)13-20;21-12-14-2-1-3-17(7-14)22-18(23)4-5-19-8-15-6-16(9-19)11-20(24,10-15)13-19;21-12-16-3-1-2-4-17(16)22-18(23)5-6-19-8-14-7-15(9-19)11-20(24,10-14)13-19;1-14-3-2-4-17(7-14)21-18(22)5-6-19-9-15-8-16(10-19)12-20(23,11-15)13-19;20-15-3-1-2-4-16(15)21-17(22)5-6-18-8-13-7-14(9-18)11-19(23,10-13)12-18;21-16-3-1-2-15(7-16)20-17(22)4-5-18-8-13-6-14(9-18)11-19(23,10-13)12-18/h2-5,14-15,25H,6-13H2,1H3,(H,22,23);1-3,7,15-16,24H,4-6,8-11,13H2,(H,22,23);1-4,14-15,24H,5-11,13H2,(H,22,23);2-4,7,15-16,23H,5-6,8-13H2,1H3,(H,21,22);1-4,13-14,23H,5-12H2,(H,21,22);1-3,7,13-14,21,23H,4-6,8-12H2,(H,20,22). The molecule has 0 spiro atoms. The molecule has 24 aliphatic rings. The van der Waals surface area contributed by atoms with Gasteiger partial charge in [0.05, 0.1) is 80.5 Å². The van der Waals surface area contributed by atoms with E-state index in [0.29, 0.717) is 149 Å². The van der Waals surface area contributed by atoms with E-state index >= 15 is 0 Å². The van der Waals surface area contributed by atoms with Crippen molar-refractivity contribution in [1.82, 2.24) is 0 Å². The molecule has 12 unspecified atom stereocenters. The summed E-state index contributed by atoms with van der Waals surface area (Å²) >= 11 is 0. The van der Waals surface area contributed by atoms with E-state index in [-0.39, 0.29) is 79.4 Å². The number of aryl methyl sites for hydroxylation is 1. The van der Waals surface area contributed by atoms with Gasteiger partial charge in [0, 0.05) is 61.7 Å². The van der Waals surface area contributed by atoms with Crippen molar-refractivity contribution in [1.29, 1.82) is 10.5 Å². The Hall–Kier alpha value is -9.92. The minimum Gasteiger partial charge on any atom is -0.508 e. The topological polar surface area (TPSA) is 390 Å². The van der Waals surface area contributed by atoms with Gasteiger partial charge in [-0.2, -0.15) is 10.5 Å². The van der Waals surface area contributed by atoms with Crippen LogP contribution in [0.15, 0.2) is 146 Å². The minimum atomic E-state index is -0.488. The van der Waals surface area contributed by atoms with Crippen LogP contribution in [-0.2, 0) is 33.5 Å². The van der Waals surface area contributed by atoms with Crippen molar-refractivity contribution in [2.24, 2.45) is 104 Å². The van der Waals surface area contributed by atoms with Crippen molar-refractivity contribution in [2.75, 3.05) is 39.0 Å². The molecule has 24 heteroatoms. The normalized spacial score (nSPS) is 36.7. The predicted molar refractivity (Wildman–Crippen MR) is 545 cm³/mol. The molecule has 23 nitrogen and oxygen atoms in total. The number of nitriles is 2. The lowest BCUT2D eigenvalue weighted by atomic mass is 9.47. The minimum absolute atomic E-state index is 0.00154. The zero-order valence-corrected chi connectivity index (χ0v) is 83.9. The number of benzene rings is 6. The number of para-hydroxylation sites is 3. The first-order valence-electron chi connectivity index (χ1n) is 54.1. The van der Waals surface area contributed by atoms with Gasteiger partial charge in [0.2, 0.25) is 35.4 Å². The number of phenolic OH excluding ortho intramolecular Hbond substituents is 1. The molecule has 13 N–H and O–H groups in total. The third-order valence-corrected chi connectivity index (χ3v) is 38.0. The number of amides is 6. The van der Waals surface area contributed by atoms with Crippen LogP contribution in [0, 0.1) is 139 Å². The monoisotopic (exact) mass is 1950 g/mol. The number of ether oxygens (including phenoxy) is 1. The Kier molecular flexibility index (Phi) is 29.0. The van der Waals surface area contributed by atoms with E-state index in [1.165, 1.54) is 103 Å². The van der Waals surface area contributed by atoms with Crippen LogP contribution in [0.4, 0.5) is 38.5 Å². The van der Waals surface area contributed by atoms with Crippen LogP contribution < -0.4 is 31.9 Å². The highest BCUT2D eigenvalue weighted by Gasteiger charge is 2.63. The maximum absolute atomic E-state index is 13.6. The number of methoxy groups -OCH3 is 1. The summed E-state index contributed by atoms with van der Waals surface area (Å²) in [5.41, 5.74) is 4.34. The first-order chi connectivity index (χ1) is 68.2. The fourth-order valence-corrected chi connectivity index (χ4v) is 35.9. The lowest BCUT2D eigenvalue weighted by Crippen LogP contribution is -2.55. The second-order valence-electron chi connectivity index (χ2n) is 50.7. The summed E-state index contributed by atoms with van der Waals surface area (Å²) < 4.78 is 18.4. The number of phenols is 1. The fraction of sp³-hybridized carbons (Fsp3) is 0.622. The summed E-state index contributed by atoms with van der Waals surface area (Å²) in [6, 6.07) is 46.1. The summed E-state index contributed by atoms with van der Waals surface area (Å²) in [6.07, 6.45) is 46.6. The molecule has 24 saturated carbocycles. The molecule has 6 amide bonds. The van der Waals surface area contributed by atoms with E-state index in [4.69, 9.17) is 15.3 Å². The van der Waals surface area contributed by atoms with E-state index in [1.807, 2.05) is 43.3 Å². The van der Waals surface area contributed by atoms with E-state index in [1.54, 1.807) is 103 Å². The Morgan fingerprint density at radius 1 is 0.322 bits per heavy atom. The number of nitrogens with one attached hydrogen (secondary N) is 6. The number of hydrogen-bond acceptors (Lipinski definition) is 17. The number of rotatable bonds is 25.